The van der Waals surface area contributed by atoms with Gasteiger partial charge in [-0.2, -0.15) is 0 Å². The third kappa shape index (κ3) is 5.00. The average Bonchev–Trinajstić information content (AvgIpc) is 2.89. The lowest BCUT2D eigenvalue weighted by molar-refractivity contribution is -0.125. The molecule has 2 rings (SSSR count). The summed E-state index contributed by atoms with van der Waals surface area (Å²) >= 11 is 7.32. The van der Waals surface area contributed by atoms with E-state index in [0.717, 1.165) is 14.8 Å². The molecule has 1 amide bonds. The van der Waals surface area contributed by atoms with E-state index in [1.54, 1.807) is 0 Å². The van der Waals surface area contributed by atoms with Crippen LogP contribution in [0.3, 0.4) is 0 Å². The van der Waals surface area contributed by atoms with Gasteiger partial charge in [-0.25, -0.2) is 0 Å². The Hall–Kier alpha value is -1.07. The second-order valence-corrected chi connectivity index (χ2v) is 6.45. The first-order valence-corrected chi connectivity index (χ1v) is 7.60. The van der Waals surface area contributed by atoms with Gasteiger partial charge in [0.1, 0.15) is 0 Å². The van der Waals surface area contributed by atoms with Crippen LogP contribution in [0.2, 0.25) is 4.34 Å². The van der Waals surface area contributed by atoms with Gasteiger partial charge >= 0.3 is 0 Å². The summed E-state index contributed by atoms with van der Waals surface area (Å²) in [7, 11) is 0. The summed E-state index contributed by atoms with van der Waals surface area (Å²) < 4.78 is 0.725. The van der Waals surface area contributed by atoms with E-state index >= 15 is 0 Å². The fraction of sp³-hybridized carbons (Fsp3) is 0.267. The van der Waals surface area contributed by atoms with E-state index in [9.17, 15) is 4.79 Å². The molecule has 3 N–H and O–H groups in total. The number of carbonyl (C=O) groups is 1. The predicted octanol–water partition coefficient (Wildman–Crippen LogP) is 3.78. The summed E-state index contributed by atoms with van der Waals surface area (Å²) in [6.45, 7) is 2.33. The number of nitrogens with one attached hydrogen (secondary N) is 1. The van der Waals surface area contributed by atoms with Crippen molar-refractivity contribution in [3.05, 3.63) is 57.2 Å². The van der Waals surface area contributed by atoms with E-state index in [-0.39, 0.29) is 30.3 Å². The van der Waals surface area contributed by atoms with E-state index in [1.165, 1.54) is 11.3 Å². The quantitative estimate of drug-likeness (QED) is 0.867. The molecule has 0 aliphatic rings. The van der Waals surface area contributed by atoms with Crippen molar-refractivity contribution in [1.29, 1.82) is 0 Å². The Morgan fingerprint density at radius 3 is 2.52 bits per heavy atom. The number of carbonyl (C=O) groups excluding carboxylic acids is 1. The molecule has 0 bridgehead atoms. The highest BCUT2D eigenvalue weighted by Gasteiger charge is 2.21. The van der Waals surface area contributed by atoms with Crippen LogP contribution < -0.4 is 11.1 Å². The van der Waals surface area contributed by atoms with E-state index in [2.05, 4.69) is 5.32 Å². The van der Waals surface area contributed by atoms with Crippen LogP contribution in [-0.4, -0.2) is 5.91 Å². The lowest BCUT2D eigenvalue weighted by Gasteiger charge is -2.19. The molecule has 21 heavy (non-hydrogen) atoms. The maximum absolute atomic E-state index is 12.1. The fourth-order valence-corrected chi connectivity index (χ4v) is 2.94. The molecular formula is C15H18Cl2N2OS. The van der Waals surface area contributed by atoms with Crippen molar-refractivity contribution in [3.8, 4) is 0 Å². The van der Waals surface area contributed by atoms with E-state index < -0.39 is 0 Å². The molecule has 1 aromatic heterocycles. The molecule has 0 aliphatic heterocycles. The summed E-state index contributed by atoms with van der Waals surface area (Å²) in [5.74, 6) is -0.335. The number of halogens is 2. The van der Waals surface area contributed by atoms with E-state index in [4.69, 9.17) is 17.3 Å². The molecule has 2 atom stereocenters. The minimum absolute atomic E-state index is 0. The van der Waals surface area contributed by atoms with Gasteiger partial charge in [-0.3, -0.25) is 4.79 Å². The van der Waals surface area contributed by atoms with Crippen molar-refractivity contribution in [2.24, 2.45) is 11.7 Å². The van der Waals surface area contributed by atoms with Crippen molar-refractivity contribution in [3.63, 3.8) is 0 Å². The molecule has 0 spiro atoms. The monoisotopic (exact) mass is 344 g/mol. The number of amides is 1. The van der Waals surface area contributed by atoms with Gasteiger partial charge < -0.3 is 11.1 Å². The molecule has 1 aromatic carbocycles. The molecule has 2 aromatic rings. The first-order chi connectivity index (χ1) is 9.58. The zero-order chi connectivity index (χ0) is 14.5. The van der Waals surface area contributed by atoms with Crippen molar-refractivity contribution < 1.29 is 4.79 Å². The molecule has 114 valence electrons. The molecule has 2 unspecified atom stereocenters. The van der Waals surface area contributed by atoms with E-state index in [0.29, 0.717) is 6.54 Å². The van der Waals surface area contributed by atoms with Gasteiger partial charge in [0.25, 0.3) is 0 Å². The van der Waals surface area contributed by atoms with Crippen LogP contribution in [-0.2, 0) is 11.3 Å². The number of hydrogen-bond acceptors (Lipinski definition) is 3. The predicted molar refractivity (Wildman–Crippen MR) is 91.0 cm³/mol. The van der Waals surface area contributed by atoms with Gasteiger partial charge in [0, 0.05) is 10.9 Å². The Kier molecular flexibility index (Phi) is 7.18. The third-order valence-corrected chi connectivity index (χ3v) is 4.43. The lowest BCUT2D eigenvalue weighted by atomic mass is 9.95. The Labute approximate surface area is 139 Å². The zero-order valence-electron chi connectivity index (χ0n) is 11.6. The summed E-state index contributed by atoms with van der Waals surface area (Å²) in [6.07, 6.45) is 0. The Bertz CT molecular complexity index is 574. The number of nitrogens with two attached hydrogens (primary N) is 1. The first kappa shape index (κ1) is 18.0. The van der Waals surface area contributed by atoms with Gasteiger partial charge in [-0.1, -0.05) is 48.9 Å². The number of benzene rings is 1. The van der Waals surface area contributed by atoms with Crippen molar-refractivity contribution >= 4 is 41.3 Å². The highest BCUT2D eigenvalue weighted by Crippen LogP contribution is 2.22. The van der Waals surface area contributed by atoms with Gasteiger partial charge in [0.15, 0.2) is 0 Å². The van der Waals surface area contributed by atoms with Gasteiger partial charge in [0.2, 0.25) is 5.91 Å². The van der Waals surface area contributed by atoms with Crippen molar-refractivity contribution in [1.82, 2.24) is 5.32 Å². The average molecular weight is 345 g/mol. The second-order valence-electron chi connectivity index (χ2n) is 4.65. The Balaban J connectivity index is 0.00000220. The van der Waals surface area contributed by atoms with Gasteiger partial charge in [0.05, 0.1) is 16.8 Å². The van der Waals surface area contributed by atoms with Crippen LogP contribution in [0.15, 0.2) is 42.5 Å². The maximum Gasteiger partial charge on any atom is 0.225 e. The summed E-state index contributed by atoms with van der Waals surface area (Å²) in [4.78, 5) is 13.1. The molecule has 0 fully saturated rings. The second kappa shape index (κ2) is 8.39. The third-order valence-electron chi connectivity index (χ3n) is 3.20. The smallest absolute Gasteiger partial charge is 0.225 e. The Morgan fingerprint density at radius 1 is 1.29 bits per heavy atom. The minimum Gasteiger partial charge on any atom is -0.351 e. The van der Waals surface area contributed by atoms with Crippen LogP contribution in [0.5, 0.6) is 0 Å². The summed E-state index contributed by atoms with van der Waals surface area (Å²) in [6, 6.07) is 13.1. The van der Waals surface area contributed by atoms with Crippen molar-refractivity contribution in [2.45, 2.75) is 19.5 Å². The van der Waals surface area contributed by atoms with Gasteiger partial charge in [-0.05, 0) is 17.7 Å². The molecule has 0 saturated heterocycles. The van der Waals surface area contributed by atoms with Crippen molar-refractivity contribution in [2.75, 3.05) is 0 Å². The number of rotatable bonds is 5. The topological polar surface area (TPSA) is 55.1 Å². The molecule has 3 nitrogen and oxygen atoms in total. The number of thiophene rings is 1. The first-order valence-electron chi connectivity index (χ1n) is 6.40. The summed E-state index contributed by atoms with van der Waals surface area (Å²) in [5.41, 5.74) is 7.10. The molecule has 0 aliphatic carbocycles. The van der Waals surface area contributed by atoms with Crippen LogP contribution in [0, 0.1) is 5.92 Å². The van der Waals surface area contributed by atoms with Crippen LogP contribution in [0.4, 0.5) is 0 Å². The van der Waals surface area contributed by atoms with E-state index in [1.807, 2.05) is 49.4 Å². The SMILES string of the molecule is CC(C(=O)NCc1ccc(Cl)s1)C(N)c1ccccc1.Cl. The molecule has 6 heteroatoms. The number of hydrogen-bond donors (Lipinski definition) is 2. The zero-order valence-corrected chi connectivity index (χ0v) is 14.0. The molecule has 0 saturated carbocycles. The largest absolute Gasteiger partial charge is 0.351 e. The highest BCUT2D eigenvalue weighted by atomic mass is 35.5. The van der Waals surface area contributed by atoms with Crippen LogP contribution in [0.1, 0.15) is 23.4 Å². The molecule has 0 radical (unpaired) electrons. The fourth-order valence-electron chi connectivity index (χ4n) is 1.91. The normalized spacial score (nSPS) is 13.1. The molecule has 1 heterocycles. The summed E-state index contributed by atoms with van der Waals surface area (Å²) in [5, 5.41) is 2.90. The van der Waals surface area contributed by atoms with Gasteiger partial charge in [-0.15, -0.1) is 23.7 Å². The maximum atomic E-state index is 12.1. The van der Waals surface area contributed by atoms with Crippen LogP contribution >= 0.6 is 35.3 Å². The molecular weight excluding hydrogens is 327 g/mol. The van der Waals surface area contributed by atoms with Crippen LogP contribution in [0.25, 0.3) is 0 Å². The lowest BCUT2D eigenvalue weighted by Crippen LogP contribution is -2.35. The Morgan fingerprint density at radius 2 is 1.95 bits per heavy atom. The minimum atomic E-state index is -0.303. The standard InChI is InChI=1S/C15H17ClN2OS.ClH/c1-10(14(17)11-5-3-2-4-6-11)15(19)18-9-12-7-8-13(16)20-12;/h2-8,10,14H,9,17H2,1H3,(H,18,19);1H. The highest BCUT2D eigenvalue weighted by molar-refractivity contribution is 7.16.